The van der Waals surface area contributed by atoms with Crippen LogP contribution >= 0.6 is 27.5 Å². The summed E-state index contributed by atoms with van der Waals surface area (Å²) >= 11 is 9.40. The fourth-order valence-electron chi connectivity index (χ4n) is 2.09. The van der Waals surface area contributed by atoms with Crippen LogP contribution in [0.15, 0.2) is 63.8 Å². The molecular weight excluding hydrogens is 380 g/mol. The van der Waals surface area contributed by atoms with Crippen molar-refractivity contribution in [1.82, 2.24) is 10.3 Å². The molecule has 1 amide bonds. The minimum atomic E-state index is -0.229. The summed E-state index contributed by atoms with van der Waals surface area (Å²) < 4.78 is 6.13. The molecule has 116 valence electrons. The van der Waals surface area contributed by atoms with Crippen LogP contribution in [0.25, 0.3) is 11.5 Å². The van der Waals surface area contributed by atoms with E-state index in [0.717, 1.165) is 15.7 Å². The topological polar surface area (TPSA) is 55.1 Å². The van der Waals surface area contributed by atoms with Crippen LogP contribution in [0.4, 0.5) is 0 Å². The first kappa shape index (κ1) is 15.8. The lowest BCUT2D eigenvalue weighted by Crippen LogP contribution is -2.23. The zero-order valence-corrected chi connectivity index (χ0v) is 14.3. The van der Waals surface area contributed by atoms with Crippen molar-refractivity contribution in [2.45, 2.75) is 6.54 Å². The first-order valence-electron chi connectivity index (χ1n) is 6.85. The normalized spacial score (nSPS) is 10.5. The third-order valence-corrected chi connectivity index (χ3v) is 4.05. The van der Waals surface area contributed by atoms with E-state index in [1.54, 1.807) is 36.7 Å². The number of carbonyl (C=O) groups is 1. The number of hydrogen-bond acceptors (Lipinski definition) is 3. The van der Waals surface area contributed by atoms with Crippen molar-refractivity contribution >= 4 is 33.4 Å². The third-order valence-electron chi connectivity index (χ3n) is 3.22. The van der Waals surface area contributed by atoms with Crippen LogP contribution in [-0.2, 0) is 6.54 Å². The highest BCUT2D eigenvalue weighted by Gasteiger charge is 2.11. The van der Waals surface area contributed by atoms with Gasteiger partial charge >= 0.3 is 0 Å². The summed E-state index contributed by atoms with van der Waals surface area (Å²) in [4.78, 5) is 16.5. The SMILES string of the molecule is O=C(NCc1ccnc(-c2ccco2)c1)c1cc(Br)ccc1Cl. The summed E-state index contributed by atoms with van der Waals surface area (Å²) in [6, 6.07) is 12.5. The van der Waals surface area contributed by atoms with Crippen molar-refractivity contribution in [2.24, 2.45) is 0 Å². The summed E-state index contributed by atoms with van der Waals surface area (Å²) in [6.45, 7) is 0.373. The Morgan fingerprint density at radius 1 is 1.26 bits per heavy atom. The number of nitrogens with one attached hydrogen (secondary N) is 1. The number of pyridine rings is 1. The van der Waals surface area contributed by atoms with E-state index in [9.17, 15) is 4.79 Å². The molecule has 3 rings (SSSR count). The summed E-state index contributed by atoms with van der Waals surface area (Å²) in [5, 5.41) is 3.27. The molecule has 0 unspecified atom stereocenters. The van der Waals surface area contributed by atoms with Crippen LogP contribution in [0, 0.1) is 0 Å². The fourth-order valence-corrected chi connectivity index (χ4v) is 2.66. The van der Waals surface area contributed by atoms with E-state index in [1.807, 2.05) is 18.2 Å². The van der Waals surface area contributed by atoms with Gasteiger partial charge < -0.3 is 9.73 Å². The lowest BCUT2D eigenvalue weighted by atomic mass is 10.2. The molecule has 3 aromatic rings. The van der Waals surface area contributed by atoms with Crippen LogP contribution in [0.5, 0.6) is 0 Å². The molecule has 0 bridgehead atoms. The Hall–Kier alpha value is -2.11. The van der Waals surface area contributed by atoms with Crippen LogP contribution in [0.2, 0.25) is 5.02 Å². The highest BCUT2D eigenvalue weighted by Crippen LogP contribution is 2.21. The molecule has 0 aliphatic carbocycles. The molecule has 0 aliphatic heterocycles. The van der Waals surface area contributed by atoms with Crippen LogP contribution < -0.4 is 5.32 Å². The number of amides is 1. The summed E-state index contributed by atoms with van der Waals surface area (Å²) in [6.07, 6.45) is 3.28. The Labute approximate surface area is 146 Å². The quantitative estimate of drug-likeness (QED) is 0.702. The zero-order valence-electron chi connectivity index (χ0n) is 11.9. The number of halogens is 2. The van der Waals surface area contributed by atoms with Gasteiger partial charge in [-0.25, -0.2) is 0 Å². The molecule has 0 atom stereocenters. The molecule has 0 fully saturated rings. The molecule has 1 N–H and O–H groups in total. The molecule has 2 aromatic heterocycles. The fraction of sp³-hybridized carbons (Fsp3) is 0.0588. The van der Waals surface area contributed by atoms with Gasteiger partial charge in [0.15, 0.2) is 5.76 Å². The van der Waals surface area contributed by atoms with Gasteiger partial charge in [-0.2, -0.15) is 0 Å². The van der Waals surface area contributed by atoms with Gasteiger partial charge in [0.1, 0.15) is 5.69 Å². The first-order valence-corrected chi connectivity index (χ1v) is 8.02. The van der Waals surface area contributed by atoms with E-state index < -0.39 is 0 Å². The minimum absolute atomic E-state index is 0.229. The van der Waals surface area contributed by atoms with Gasteiger partial charge in [0, 0.05) is 17.2 Å². The highest BCUT2D eigenvalue weighted by molar-refractivity contribution is 9.10. The number of benzene rings is 1. The van der Waals surface area contributed by atoms with Gasteiger partial charge in [-0.15, -0.1) is 0 Å². The van der Waals surface area contributed by atoms with Crippen molar-refractivity contribution in [3.05, 3.63) is 75.5 Å². The second kappa shape index (κ2) is 6.98. The molecule has 0 saturated heterocycles. The van der Waals surface area contributed by atoms with Crippen molar-refractivity contribution in [3.63, 3.8) is 0 Å². The first-order chi connectivity index (χ1) is 11.1. The van der Waals surface area contributed by atoms with E-state index in [4.69, 9.17) is 16.0 Å². The predicted molar refractivity (Wildman–Crippen MR) is 92.3 cm³/mol. The van der Waals surface area contributed by atoms with Crippen LogP contribution in [-0.4, -0.2) is 10.9 Å². The number of furan rings is 1. The summed E-state index contributed by atoms with van der Waals surface area (Å²) in [5.74, 6) is 0.459. The smallest absolute Gasteiger partial charge is 0.253 e. The second-order valence-corrected chi connectivity index (χ2v) is 6.16. The van der Waals surface area contributed by atoms with E-state index in [0.29, 0.717) is 22.9 Å². The number of rotatable bonds is 4. The molecule has 2 heterocycles. The minimum Gasteiger partial charge on any atom is -0.463 e. The lowest BCUT2D eigenvalue weighted by Gasteiger charge is -2.08. The highest BCUT2D eigenvalue weighted by atomic mass is 79.9. The van der Waals surface area contributed by atoms with Gasteiger partial charge in [-0.1, -0.05) is 27.5 Å². The molecule has 4 nitrogen and oxygen atoms in total. The largest absolute Gasteiger partial charge is 0.463 e. The summed E-state index contributed by atoms with van der Waals surface area (Å²) in [7, 11) is 0. The molecule has 0 spiro atoms. The average Bonchev–Trinajstić information content (AvgIpc) is 3.10. The Morgan fingerprint density at radius 2 is 2.13 bits per heavy atom. The molecule has 0 aliphatic rings. The van der Waals surface area contributed by atoms with Crippen LogP contribution in [0.1, 0.15) is 15.9 Å². The van der Waals surface area contributed by atoms with E-state index in [1.165, 1.54) is 0 Å². The molecule has 23 heavy (non-hydrogen) atoms. The molecular formula is C17H12BrClN2O2. The number of aromatic nitrogens is 1. The van der Waals surface area contributed by atoms with Crippen molar-refractivity contribution in [3.8, 4) is 11.5 Å². The van der Waals surface area contributed by atoms with Gasteiger partial charge in [-0.05, 0) is 48.0 Å². The maximum absolute atomic E-state index is 12.3. The Kier molecular flexibility index (Phi) is 4.79. The van der Waals surface area contributed by atoms with Crippen LogP contribution in [0.3, 0.4) is 0 Å². The maximum Gasteiger partial charge on any atom is 0.253 e. The zero-order chi connectivity index (χ0) is 16.2. The lowest BCUT2D eigenvalue weighted by molar-refractivity contribution is 0.0951. The monoisotopic (exact) mass is 390 g/mol. The van der Waals surface area contributed by atoms with Gasteiger partial charge in [0.25, 0.3) is 5.91 Å². The van der Waals surface area contributed by atoms with Crippen molar-refractivity contribution in [1.29, 1.82) is 0 Å². The standard InChI is InChI=1S/C17H12BrClN2O2/c18-12-3-4-14(19)13(9-12)17(22)21-10-11-5-6-20-15(8-11)16-2-1-7-23-16/h1-9H,10H2,(H,21,22). The Morgan fingerprint density at radius 3 is 2.91 bits per heavy atom. The number of carbonyl (C=O) groups excluding carboxylic acids is 1. The molecule has 0 radical (unpaired) electrons. The van der Waals surface area contributed by atoms with Crippen molar-refractivity contribution < 1.29 is 9.21 Å². The van der Waals surface area contributed by atoms with E-state index in [-0.39, 0.29) is 5.91 Å². The maximum atomic E-state index is 12.3. The Balaban J connectivity index is 1.72. The predicted octanol–water partition coefficient (Wildman–Crippen LogP) is 4.69. The van der Waals surface area contributed by atoms with Crippen molar-refractivity contribution in [2.75, 3.05) is 0 Å². The number of hydrogen-bond donors (Lipinski definition) is 1. The van der Waals surface area contributed by atoms with Gasteiger partial charge in [0.05, 0.1) is 16.8 Å². The third kappa shape index (κ3) is 3.81. The number of nitrogens with zero attached hydrogens (tertiary/aromatic N) is 1. The van der Waals surface area contributed by atoms with Gasteiger partial charge in [0.2, 0.25) is 0 Å². The van der Waals surface area contributed by atoms with Gasteiger partial charge in [-0.3, -0.25) is 9.78 Å². The molecule has 6 heteroatoms. The molecule has 1 aromatic carbocycles. The second-order valence-electron chi connectivity index (χ2n) is 4.83. The Bertz CT molecular complexity index is 834. The van der Waals surface area contributed by atoms with E-state index in [2.05, 4.69) is 26.2 Å². The van der Waals surface area contributed by atoms with E-state index >= 15 is 0 Å². The molecule has 0 saturated carbocycles. The summed E-state index contributed by atoms with van der Waals surface area (Å²) in [5.41, 5.74) is 2.08. The average molecular weight is 392 g/mol.